The SMILES string of the molecule is CN1CC(NC(=O)c2cncnc2)C(c2ccccc2)C1. The molecule has 5 heteroatoms. The summed E-state index contributed by atoms with van der Waals surface area (Å²) in [4.78, 5) is 22.3. The molecule has 21 heavy (non-hydrogen) atoms. The van der Waals surface area contributed by atoms with Crippen LogP contribution in [-0.2, 0) is 0 Å². The molecule has 108 valence electrons. The van der Waals surface area contributed by atoms with E-state index in [0.29, 0.717) is 11.5 Å². The number of likely N-dealkylation sites (tertiary alicyclic amines) is 1. The van der Waals surface area contributed by atoms with Gasteiger partial charge in [0.1, 0.15) is 6.33 Å². The van der Waals surface area contributed by atoms with Crippen molar-refractivity contribution in [3.05, 3.63) is 60.2 Å². The molecule has 3 rings (SSSR count). The smallest absolute Gasteiger partial charge is 0.254 e. The van der Waals surface area contributed by atoms with Gasteiger partial charge in [0.2, 0.25) is 0 Å². The minimum Gasteiger partial charge on any atom is -0.347 e. The van der Waals surface area contributed by atoms with Crippen molar-refractivity contribution in [2.75, 3.05) is 20.1 Å². The molecular formula is C16H18N4O. The second-order valence-electron chi connectivity index (χ2n) is 5.45. The topological polar surface area (TPSA) is 58.1 Å². The van der Waals surface area contributed by atoms with Crippen molar-refractivity contribution in [2.45, 2.75) is 12.0 Å². The maximum Gasteiger partial charge on any atom is 0.254 e. The molecule has 1 aromatic carbocycles. The van der Waals surface area contributed by atoms with Crippen molar-refractivity contribution in [3.8, 4) is 0 Å². The summed E-state index contributed by atoms with van der Waals surface area (Å²) in [5.74, 6) is 0.196. The monoisotopic (exact) mass is 282 g/mol. The Kier molecular flexibility index (Phi) is 3.92. The zero-order valence-electron chi connectivity index (χ0n) is 11.9. The molecule has 2 heterocycles. The van der Waals surface area contributed by atoms with Crippen LogP contribution in [-0.4, -0.2) is 47.0 Å². The van der Waals surface area contributed by atoms with Gasteiger partial charge >= 0.3 is 0 Å². The van der Waals surface area contributed by atoms with Crippen molar-refractivity contribution in [2.24, 2.45) is 0 Å². The van der Waals surface area contributed by atoms with Gasteiger partial charge in [-0.3, -0.25) is 4.79 Å². The van der Waals surface area contributed by atoms with E-state index < -0.39 is 0 Å². The van der Waals surface area contributed by atoms with E-state index >= 15 is 0 Å². The molecule has 5 nitrogen and oxygen atoms in total. The second kappa shape index (κ2) is 6.01. The number of nitrogens with zero attached hydrogens (tertiary/aromatic N) is 3. The predicted octanol–water partition coefficient (Wildman–Crippen LogP) is 1.30. The molecule has 2 atom stereocenters. The minimum atomic E-state index is -0.114. The van der Waals surface area contributed by atoms with Crippen LogP contribution < -0.4 is 5.32 Å². The highest BCUT2D eigenvalue weighted by Crippen LogP contribution is 2.26. The fourth-order valence-corrected chi connectivity index (χ4v) is 2.85. The van der Waals surface area contributed by atoms with Crippen LogP contribution >= 0.6 is 0 Å². The minimum absolute atomic E-state index is 0.102. The summed E-state index contributed by atoms with van der Waals surface area (Å²) < 4.78 is 0. The third-order valence-corrected chi connectivity index (χ3v) is 3.87. The Bertz CT molecular complexity index is 602. The highest BCUT2D eigenvalue weighted by atomic mass is 16.1. The van der Waals surface area contributed by atoms with Gasteiger partial charge < -0.3 is 10.2 Å². The zero-order valence-corrected chi connectivity index (χ0v) is 11.9. The van der Waals surface area contributed by atoms with Crippen molar-refractivity contribution in [3.63, 3.8) is 0 Å². The summed E-state index contributed by atoms with van der Waals surface area (Å²) >= 11 is 0. The highest BCUT2D eigenvalue weighted by molar-refractivity contribution is 5.93. The first-order valence-corrected chi connectivity index (χ1v) is 7.03. The van der Waals surface area contributed by atoms with Crippen LogP contribution in [0.2, 0.25) is 0 Å². The summed E-state index contributed by atoms with van der Waals surface area (Å²) in [7, 11) is 2.08. The Balaban J connectivity index is 1.76. The van der Waals surface area contributed by atoms with E-state index in [1.165, 1.54) is 11.9 Å². The Morgan fingerprint density at radius 2 is 1.90 bits per heavy atom. The lowest BCUT2D eigenvalue weighted by atomic mass is 9.94. The van der Waals surface area contributed by atoms with Crippen molar-refractivity contribution in [1.29, 1.82) is 0 Å². The average Bonchev–Trinajstić information content (AvgIpc) is 2.89. The van der Waals surface area contributed by atoms with Crippen LogP contribution in [0.15, 0.2) is 49.1 Å². The van der Waals surface area contributed by atoms with Crippen LogP contribution in [0.25, 0.3) is 0 Å². The van der Waals surface area contributed by atoms with Crippen molar-refractivity contribution in [1.82, 2.24) is 20.2 Å². The fraction of sp³-hybridized carbons (Fsp3) is 0.312. The highest BCUT2D eigenvalue weighted by Gasteiger charge is 2.33. The largest absolute Gasteiger partial charge is 0.347 e. The average molecular weight is 282 g/mol. The molecule has 1 amide bonds. The number of carbonyl (C=O) groups is 1. The van der Waals surface area contributed by atoms with Crippen LogP contribution in [0.1, 0.15) is 21.8 Å². The van der Waals surface area contributed by atoms with Gasteiger partial charge in [-0.2, -0.15) is 0 Å². The number of rotatable bonds is 3. The van der Waals surface area contributed by atoms with Crippen molar-refractivity contribution < 1.29 is 4.79 Å². The van der Waals surface area contributed by atoms with Gasteiger partial charge in [-0.1, -0.05) is 30.3 Å². The molecule has 2 unspecified atom stereocenters. The Morgan fingerprint density at radius 3 is 2.62 bits per heavy atom. The number of likely N-dealkylation sites (N-methyl/N-ethyl adjacent to an activating group) is 1. The van der Waals surface area contributed by atoms with E-state index in [2.05, 4.69) is 39.4 Å². The maximum absolute atomic E-state index is 12.3. The van der Waals surface area contributed by atoms with Crippen LogP contribution in [0, 0.1) is 0 Å². The summed E-state index contributed by atoms with van der Waals surface area (Å²) in [6, 6.07) is 10.4. The lowest BCUT2D eigenvalue weighted by Gasteiger charge is -2.20. The molecule has 1 N–H and O–H groups in total. The molecule has 0 bridgehead atoms. The fourth-order valence-electron chi connectivity index (χ4n) is 2.85. The summed E-state index contributed by atoms with van der Waals surface area (Å²) in [6.07, 6.45) is 4.50. The van der Waals surface area contributed by atoms with Gasteiger partial charge in [0.25, 0.3) is 5.91 Å². The summed E-state index contributed by atoms with van der Waals surface area (Å²) in [5, 5.41) is 3.11. The van der Waals surface area contributed by atoms with E-state index in [1.54, 1.807) is 12.4 Å². The number of hydrogen-bond donors (Lipinski definition) is 1. The number of benzene rings is 1. The van der Waals surface area contributed by atoms with Gasteiger partial charge in [0.15, 0.2) is 0 Å². The first kappa shape index (κ1) is 13.7. The third-order valence-electron chi connectivity index (χ3n) is 3.87. The van der Waals surface area contributed by atoms with E-state index in [0.717, 1.165) is 13.1 Å². The first-order chi connectivity index (χ1) is 10.2. The van der Waals surface area contributed by atoms with Gasteiger partial charge in [0.05, 0.1) is 5.56 Å². The molecule has 1 aliphatic rings. The van der Waals surface area contributed by atoms with Crippen LogP contribution in [0.3, 0.4) is 0 Å². The number of carbonyl (C=O) groups excluding carboxylic acids is 1. The number of aromatic nitrogens is 2. The van der Waals surface area contributed by atoms with E-state index in [9.17, 15) is 4.79 Å². The maximum atomic E-state index is 12.3. The normalized spacial score (nSPS) is 22.1. The number of amides is 1. The Hall–Kier alpha value is -2.27. The predicted molar refractivity (Wildman–Crippen MR) is 80.0 cm³/mol. The molecule has 0 saturated carbocycles. The molecule has 0 radical (unpaired) electrons. The second-order valence-corrected chi connectivity index (χ2v) is 5.45. The van der Waals surface area contributed by atoms with Crippen LogP contribution in [0.5, 0.6) is 0 Å². The molecule has 1 saturated heterocycles. The first-order valence-electron chi connectivity index (χ1n) is 7.03. The van der Waals surface area contributed by atoms with E-state index in [1.807, 2.05) is 18.2 Å². The van der Waals surface area contributed by atoms with Gasteiger partial charge in [0, 0.05) is 37.4 Å². The van der Waals surface area contributed by atoms with E-state index in [-0.39, 0.29) is 11.9 Å². The third kappa shape index (κ3) is 3.08. The molecule has 1 fully saturated rings. The van der Waals surface area contributed by atoms with Crippen molar-refractivity contribution >= 4 is 5.91 Å². The number of hydrogen-bond acceptors (Lipinski definition) is 4. The van der Waals surface area contributed by atoms with Gasteiger partial charge in [-0.25, -0.2) is 9.97 Å². The van der Waals surface area contributed by atoms with Gasteiger partial charge in [-0.05, 0) is 12.6 Å². The Labute approximate surface area is 124 Å². The van der Waals surface area contributed by atoms with Gasteiger partial charge in [-0.15, -0.1) is 0 Å². The standard InChI is InChI=1S/C16H18N4O/c1-20-9-14(12-5-3-2-4-6-12)15(10-20)19-16(21)13-7-17-11-18-8-13/h2-8,11,14-15H,9-10H2,1H3,(H,19,21). The lowest BCUT2D eigenvalue weighted by molar-refractivity contribution is 0.0935. The summed E-state index contributed by atoms with van der Waals surface area (Å²) in [6.45, 7) is 1.79. The molecular weight excluding hydrogens is 264 g/mol. The number of nitrogens with one attached hydrogen (secondary N) is 1. The molecule has 1 aromatic heterocycles. The molecule has 1 aliphatic heterocycles. The molecule has 2 aromatic rings. The Morgan fingerprint density at radius 1 is 1.19 bits per heavy atom. The lowest BCUT2D eigenvalue weighted by Crippen LogP contribution is -2.39. The quantitative estimate of drug-likeness (QED) is 0.922. The zero-order chi connectivity index (χ0) is 14.7. The van der Waals surface area contributed by atoms with Crippen LogP contribution in [0.4, 0.5) is 0 Å². The van der Waals surface area contributed by atoms with E-state index in [4.69, 9.17) is 0 Å². The molecule has 0 aliphatic carbocycles. The molecule has 0 spiro atoms. The summed E-state index contributed by atoms with van der Waals surface area (Å²) in [5.41, 5.74) is 1.76.